The fourth-order valence-electron chi connectivity index (χ4n) is 2.22. The Bertz CT molecular complexity index is 441. The molecule has 1 aromatic heterocycles. The summed E-state index contributed by atoms with van der Waals surface area (Å²) in [7, 11) is 0. The SMILES string of the molecule is CC(NCCn1cc(Br)ccc1=O)C1CCCO1. The van der Waals surface area contributed by atoms with E-state index in [1.165, 1.54) is 0 Å². The van der Waals surface area contributed by atoms with Crippen LogP contribution in [0.1, 0.15) is 19.8 Å². The van der Waals surface area contributed by atoms with Gasteiger partial charge >= 0.3 is 0 Å². The molecule has 2 rings (SSSR count). The summed E-state index contributed by atoms with van der Waals surface area (Å²) in [6.07, 6.45) is 4.43. The number of hydrogen-bond acceptors (Lipinski definition) is 3. The summed E-state index contributed by atoms with van der Waals surface area (Å²) >= 11 is 3.37. The van der Waals surface area contributed by atoms with Gasteiger partial charge in [-0.25, -0.2) is 0 Å². The lowest BCUT2D eigenvalue weighted by atomic mass is 10.1. The van der Waals surface area contributed by atoms with Crippen LogP contribution in [0.2, 0.25) is 0 Å². The van der Waals surface area contributed by atoms with E-state index in [0.717, 1.165) is 30.5 Å². The van der Waals surface area contributed by atoms with Gasteiger partial charge in [-0.3, -0.25) is 4.79 Å². The van der Waals surface area contributed by atoms with Crippen LogP contribution in [0.25, 0.3) is 0 Å². The molecule has 18 heavy (non-hydrogen) atoms. The molecule has 1 saturated heterocycles. The van der Waals surface area contributed by atoms with Gasteiger partial charge in [-0.1, -0.05) is 0 Å². The molecule has 0 radical (unpaired) electrons. The van der Waals surface area contributed by atoms with Crippen molar-refractivity contribution < 1.29 is 4.74 Å². The molecule has 0 saturated carbocycles. The van der Waals surface area contributed by atoms with Crippen LogP contribution in [-0.2, 0) is 11.3 Å². The van der Waals surface area contributed by atoms with E-state index in [1.807, 2.05) is 6.20 Å². The highest BCUT2D eigenvalue weighted by molar-refractivity contribution is 9.10. The zero-order valence-corrected chi connectivity index (χ0v) is 12.1. The molecule has 1 aliphatic heterocycles. The van der Waals surface area contributed by atoms with Gasteiger partial charge in [-0.05, 0) is 41.8 Å². The highest BCUT2D eigenvalue weighted by Gasteiger charge is 2.21. The van der Waals surface area contributed by atoms with E-state index in [2.05, 4.69) is 28.2 Å². The summed E-state index contributed by atoms with van der Waals surface area (Å²) in [4.78, 5) is 11.6. The van der Waals surface area contributed by atoms with Crippen molar-refractivity contribution in [2.45, 2.75) is 38.5 Å². The van der Waals surface area contributed by atoms with Gasteiger partial charge in [0.1, 0.15) is 0 Å². The molecule has 2 atom stereocenters. The Kier molecular flexibility index (Phi) is 4.97. The standard InChI is InChI=1S/C13H19BrN2O2/c1-10(12-3-2-8-18-12)15-6-7-16-9-11(14)4-5-13(16)17/h4-5,9-10,12,15H,2-3,6-8H2,1H3. The molecule has 1 N–H and O–H groups in total. The number of pyridine rings is 1. The molecular formula is C13H19BrN2O2. The molecule has 0 spiro atoms. The molecule has 100 valence electrons. The lowest BCUT2D eigenvalue weighted by molar-refractivity contribution is 0.0835. The number of nitrogens with zero attached hydrogens (tertiary/aromatic N) is 1. The molecule has 1 fully saturated rings. The van der Waals surface area contributed by atoms with E-state index >= 15 is 0 Å². The van der Waals surface area contributed by atoms with Gasteiger partial charge in [-0.2, -0.15) is 0 Å². The summed E-state index contributed by atoms with van der Waals surface area (Å²) in [5.74, 6) is 0. The van der Waals surface area contributed by atoms with E-state index in [-0.39, 0.29) is 5.56 Å². The number of hydrogen-bond donors (Lipinski definition) is 1. The van der Waals surface area contributed by atoms with Gasteiger partial charge in [0.25, 0.3) is 5.56 Å². The summed E-state index contributed by atoms with van der Waals surface area (Å²) in [5.41, 5.74) is 0.0322. The number of nitrogens with one attached hydrogen (secondary N) is 1. The minimum atomic E-state index is 0.0322. The molecule has 0 amide bonds. The first-order valence-electron chi connectivity index (χ1n) is 6.38. The van der Waals surface area contributed by atoms with Crippen molar-refractivity contribution in [3.05, 3.63) is 33.2 Å². The monoisotopic (exact) mass is 314 g/mol. The van der Waals surface area contributed by atoms with Crippen molar-refractivity contribution in [1.82, 2.24) is 9.88 Å². The third-order valence-electron chi connectivity index (χ3n) is 3.29. The molecule has 5 heteroatoms. The molecule has 1 aromatic rings. The van der Waals surface area contributed by atoms with Gasteiger partial charge in [-0.15, -0.1) is 0 Å². The first-order chi connectivity index (χ1) is 8.66. The highest BCUT2D eigenvalue weighted by Crippen LogP contribution is 2.15. The van der Waals surface area contributed by atoms with Crippen LogP contribution in [0.15, 0.2) is 27.6 Å². The zero-order valence-electron chi connectivity index (χ0n) is 10.6. The van der Waals surface area contributed by atoms with Gasteiger partial charge in [0.05, 0.1) is 6.10 Å². The van der Waals surface area contributed by atoms with Crippen molar-refractivity contribution in [3.8, 4) is 0 Å². The van der Waals surface area contributed by atoms with Crippen LogP contribution in [-0.4, -0.2) is 29.9 Å². The Balaban J connectivity index is 1.80. The summed E-state index contributed by atoms with van der Waals surface area (Å²) in [6.45, 7) is 4.47. The molecule has 2 heterocycles. The van der Waals surface area contributed by atoms with Crippen molar-refractivity contribution >= 4 is 15.9 Å². The molecule has 2 unspecified atom stereocenters. The van der Waals surface area contributed by atoms with Crippen LogP contribution in [0.4, 0.5) is 0 Å². The van der Waals surface area contributed by atoms with Crippen LogP contribution < -0.4 is 10.9 Å². The average molecular weight is 315 g/mol. The predicted molar refractivity (Wildman–Crippen MR) is 74.8 cm³/mol. The van der Waals surface area contributed by atoms with Crippen molar-refractivity contribution in [1.29, 1.82) is 0 Å². The van der Waals surface area contributed by atoms with Crippen LogP contribution >= 0.6 is 15.9 Å². The summed E-state index contributed by atoms with van der Waals surface area (Å²) < 4.78 is 8.25. The Labute approximate surface area is 115 Å². The second-order valence-corrected chi connectivity index (χ2v) is 5.59. The van der Waals surface area contributed by atoms with Crippen LogP contribution in [0.5, 0.6) is 0 Å². The fraction of sp³-hybridized carbons (Fsp3) is 0.615. The predicted octanol–water partition coefficient (Wildman–Crippen LogP) is 1.77. The molecule has 4 nitrogen and oxygen atoms in total. The van der Waals surface area contributed by atoms with Crippen LogP contribution in [0, 0.1) is 0 Å². The van der Waals surface area contributed by atoms with Crippen molar-refractivity contribution in [2.75, 3.05) is 13.2 Å². The average Bonchev–Trinajstić information content (AvgIpc) is 2.87. The Hall–Kier alpha value is -0.650. The highest BCUT2D eigenvalue weighted by atomic mass is 79.9. The van der Waals surface area contributed by atoms with E-state index < -0.39 is 0 Å². The van der Waals surface area contributed by atoms with Gasteiger partial charge in [0.2, 0.25) is 0 Å². The molecule has 0 bridgehead atoms. The van der Waals surface area contributed by atoms with Gasteiger partial charge < -0.3 is 14.6 Å². The van der Waals surface area contributed by atoms with E-state index in [4.69, 9.17) is 4.74 Å². The Morgan fingerprint density at radius 1 is 1.61 bits per heavy atom. The van der Waals surface area contributed by atoms with Crippen molar-refractivity contribution in [2.24, 2.45) is 0 Å². The van der Waals surface area contributed by atoms with E-state index in [0.29, 0.717) is 18.7 Å². The summed E-state index contributed by atoms with van der Waals surface area (Å²) in [6, 6.07) is 3.69. The fourth-order valence-corrected chi connectivity index (χ4v) is 2.60. The Morgan fingerprint density at radius 3 is 3.17 bits per heavy atom. The lowest BCUT2D eigenvalue weighted by Crippen LogP contribution is -2.39. The first kappa shape index (κ1) is 13.8. The van der Waals surface area contributed by atoms with E-state index in [9.17, 15) is 4.79 Å². The number of ether oxygens (including phenoxy) is 1. The largest absolute Gasteiger partial charge is 0.377 e. The lowest BCUT2D eigenvalue weighted by Gasteiger charge is -2.20. The van der Waals surface area contributed by atoms with E-state index in [1.54, 1.807) is 16.7 Å². The second-order valence-electron chi connectivity index (χ2n) is 4.67. The minimum absolute atomic E-state index is 0.0322. The van der Waals surface area contributed by atoms with Crippen molar-refractivity contribution in [3.63, 3.8) is 0 Å². The molecule has 1 aliphatic rings. The minimum Gasteiger partial charge on any atom is -0.377 e. The normalized spacial score (nSPS) is 21.1. The van der Waals surface area contributed by atoms with Gasteiger partial charge in [0, 0.05) is 42.5 Å². The third kappa shape index (κ3) is 3.67. The number of halogens is 1. The maximum Gasteiger partial charge on any atom is 0.250 e. The Morgan fingerprint density at radius 2 is 2.44 bits per heavy atom. The molecule has 0 aliphatic carbocycles. The smallest absolute Gasteiger partial charge is 0.250 e. The number of rotatable bonds is 5. The van der Waals surface area contributed by atoms with Gasteiger partial charge in [0.15, 0.2) is 0 Å². The molecule has 0 aromatic carbocycles. The second kappa shape index (κ2) is 6.50. The zero-order chi connectivity index (χ0) is 13.0. The third-order valence-corrected chi connectivity index (χ3v) is 3.76. The van der Waals surface area contributed by atoms with Crippen LogP contribution in [0.3, 0.4) is 0 Å². The number of aromatic nitrogens is 1. The maximum absolute atomic E-state index is 11.6. The quantitative estimate of drug-likeness (QED) is 0.900. The summed E-state index contributed by atoms with van der Waals surface area (Å²) in [5, 5.41) is 3.42. The first-order valence-corrected chi connectivity index (χ1v) is 7.17. The maximum atomic E-state index is 11.6. The topological polar surface area (TPSA) is 43.3 Å². The molecular weight excluding hydrogens is 296 g/mol.